The molecule has 0 heterocycles. The Labute approximate surface area is 194 Å². The van der Waals surface area contributed by atoms with Gasteiger partial charge in [0.05, 0.1) is 16.4 Å². The largest absolute Gasteiger partial charge is 0.322 e. The van der Waals surface area contributed by atoms with Crippen LogP contribution in [0.4, 0.5) is 5.69 Å². The molecule has 0 aliphatic heterocycles. The molecular formula is C24H24N2O5S2. The molecule has 0 aliphatic rings. The van der Waals surface area contributed by atoms with Crippen molar-refractivity contribution in [1.29, 1.82) is 0 Å². The van der Waals surface area contributed by atoms with Gasteiger partial charge in [0.2, 0.25) is 10.0 Å². The summed E-state index contributed by atoms with van der Waals surface area (Å²) in [5.41, 5.74) is 1.87. The summed E-state index contributed by atoms with van der Waals surface area (Å²) in [4.78, 5) is 12.9. The second-order valence-electron chi connectivity index (χ2n) is 7.32. The van der Waals surface area contributed by atoms with E-state index in [1.807, 2.05) is 0 Å². The Morgan fingerprint density at radius 3 is 2.18 bits per heavy atom. The molecule has 2 N–H and O–H groups in total. The second-order valence-corrected chi connectivity index (χ2v) is 11.1. The quantitative estimate of drug-likeness (QED) is 0.428. The van der Waals surface area contributed by atoms with Crippen LogP contribution in [0.25, 0.3) is 0 Å². The summed E-state index contributed by atoms with van der Waals surface area (Å²) in [5.74, 6) is -0.809. The number of carbonyl (C=O) groups excluding carboxylic acids is 1. The molecule has 172 valence electrons. The smallest absolute Gasteiger partial charge is 0.255 e. The van der Waals surface area contributed by atoms with Crippen LogP contribution in [0.1, 0.15) is 21.5 Å². The maximum absolute atomic E-state index is 12.7. The van der Waals surface area contributed by atoms with Gasteiger partial charge in [0.15, 0.2) is 9.84 Å². The zero-order valence-corrected chi connectivity index (χ0v) is 19.4. The fourth-order valence-corrected chi connectivity index (χ4v) is 5.54. The number of hydrogen-bond acceptors (Lipinski definition) is 5. The number of hydrogen-bond donors (Lipinski definition) is 2. The van der Waals surface area contributed by atoms with E-state index in [1.54, 1.807) is 66.7 Å². The molecule has 0 saturated carbocycles. The molecule has 9 heteroatoms. The summed E-state index contributed by atoms with van der Waals surface area (Å²) in [6, 6.07) is 21.0. The first-order chi connectivity index (χ1) is 15.7. The molecule has 0 aliphatic carbocycles. The molecular weight excluding hydrogens is 460 g/mol. The Kier molecular flexibility index (Phi) is 7.80. The van der Waals surface area contributed by atoms with Crippen LogP contribution in [0.5, 0.6) is 0 Å². The highest BCUT2D eigenvalue weighted by atomic mass is 32.2. The van der Waals surface area contributed by atoms with Crippen LogP contribution in [-0.4, -0.2) is 29.3 Å². The molecule has 0 fully saturated rings. The van der Waals surface area contributed by atoms with Gasteiger partial charge in [-0.15, -0.1) is 6.58 Å². The first kappa shape index (κ1) is 24.4. The normalized spacial score (nSPS) is 11.6. The Balaban J connectivity index is 1.67. The van der Waals surface area contributed by atoms with E-state index in [0.717, 1.165) is 0 Å². The predicted molar refractivity (Wildman–Crippen MR) is 129 cm³/mol. The van der Waals surface area contributed by atoms with E-state index in [1.165, 1.54) is 18.2 Å². The highest BCUT2D eigenvalue weighted by Crippen LogP contribution is 2.18. The fraction of sp³-hybridized carbons (Fsp3) is 0.125. The van der Waals surface area contributed by atoms with Crippen molar-refractivity contribution in [2.45, 2.75) is 16.4 Å². The van der Waals surface area contributed by atoms with Crippen molar-refractivity contribution < 1.29 is 21.6 Å². The van der Waals surface area contributed by atoms with Crippen molar-refractivity contribution in [3.8, 4) is 0 Å². The Morgan fingerprint density at radius 1 is 0.818 bits per heavy atom. The van der Waals surface area contributed by atoms with E-state index in [2.05, 4.69) is 16.6 Å². The first-order valence-electron chi connectivity index (χ1n) is 10.0. The molecule has 3 aromatic carbocycles. The van der Waals surface area contributed by atoms with Gasteiger partial charge < -0.3 is 5.32 Å². The SMILES string of the molecule is C=CCNS(=O)(=O)Cc1ccc(NC(=O)c2cccc(CS(=O)(=O)c3ccccc3)c2)cc1. The molecule has 0 atom stereocenters. The van der Waals surface area contributed by atoms with Gasteiger partial charge in [-0.05, 0) is 47.5 Å². The predicted octanol–water partition coefficient (Wildman–Crippen LogP) is 3.52. The van der Waals surface area contributed by atoms with Gasteiger partial charge in [0.1, 0.15) is 0 Å². The third kappa shape index (κ3) is 7.11. The van der Waals surface area contributed by atoms with Crippen molar-refractivity contribution in [2.75, 3.05) is 11.9 Å². The summed E-state index contributed by atoms with van der Waals surface area (Å²) >= 11 is 0. The van der Waals surface area contributed by atoms with Gasteiger partial charge >= 0.3 is 0 Å². The van der Waals surface area contributed by atoms with Gasteiger partial charge in [0, 0.05) is 17.8 Å². The topological polar surface area (TPSA) is 109 Å². The minimum absolute atomic E-state index is 0.155. The standard InChI is InChI=1S/C24H24N2O5S2/c1-2-15-25-33(30,31)18-19-11-13-22(14-12-19)26-24(27)21-8-6-7-20(16-21)17-32(28,29)23-9-4-3-5-10-23/h2-14,16,25H,1,15,17-18H2,(H,26,27). The number of carbonyl (C=O) groups is 1. The first-order valence-corrected chi connectivity index (χ1v) is 13.3. The van der Waals surface area contributed by atoms with E-state index in [0.29, 0.717) is 22.4 Å². The number of benzene rings is 3. The van der Waals surface area contributed by atoms with E-state index >= 15 is 0 Å². The summed E-state index contributed by atoms with van der Waals surface area (Å²) in [7, 11) is -7.01. The number of rotatable bonds is 10. The molecule has 0 radical (unpaired) electrons. The van der Waals surface area contributed by atoms with Gasteiger partial charge in [-0.25, -0.2) is 21.6 Å². The summed E-state index contributed by atoms with van der Waals surface area (Å²) in [5, 5.41) is 2.74. The van der Waals surface area contributed by atoms with Gasteiger partial charge in [-0.2, -0.15) is 0 Å². The maximum atomic E-state index is 12.7. The Bertz CT molecular complexity index is 1340. The maximum Gasteiger partial charge on any atom is 0.255 e. The van der Waals surface area contributed by atoms with Crippen LogP contribution in [0.3, 0.4) is 0 Å². The van der Waals surface area contributed by atoms with Crippen molar-refractivity contribution in [3.05, 3.63) is 108 Å². The monoisotopic (exact) mass is 484 g/mol. The number of amides is 1. The third-order valence-electron chi connectivity index (χ3n) is 4.66. The van der Waals surface area contributed by atoms with E-state index in [9.17, 15) is 21.6 Å². The molecule has 0 bridgehead atoms. The highest BCUT2D eigenvalue weighted by Gasteiger charge is 2.16. The minimum Gasteiger partial charge on any atom is -0.322 e. The molecule has 33 heavy (non-hydrogen) atoms. The molecule has 0 aromatic heterocycles. The summed E-state index contributed by atoms with van der Waals surface area (Å²) in [6.45, 7) is 3.63. The van der Waals surface area contributed by atoms with Gasteiger partial charge in [-0.1, -0.05) is 48.5 Å². The number of nitrogens with one attached hydrogen (secondary N) is 2. The second kappa shape index (κ2) is 10.6. The number of sulfone groups is 1. The number of anilines is 1. The molecule has 3 rings (SSSR count). The average molecular weight is 485 g/mol. The molecule has 0 saturated heterocycles. The lowest BCUT2D eigenvalue weighted by molar-refractivity contribution is 0.102. The summed E-state index contributed by atoms with van der Waals surface area (Å²) in [6.07, 6.45) is 1.46. The average Bonchev–Trinajstić information content (AvgIpc) is 2.79. The van der Waals surface area contributed by atoms with Crippen molar-refractivity contribution in [1.82, 2.24) is 4.72 Å². The Hall–Kier alpha value is -3.27. The molecule has 3 aromatic rings. The van der Waals surface area contributed by atoms with E-state index < -0.39 is 25.8 Å². The highest BCUT2D eigenvalue weighted by molar-refractivity contribution is 7.90. The molecule has 0 unspecified atom stereocenters. The summed E-state index contributed by atoms with van der Waals surface area (Å²) < 4.78 is 51.5. The minimum atomic E-state index is -3.53. The van der Waals surface area contributed by atoms with E-state index in [4.69, 9.17) is 0 Å². The van der Waals surface area contributed by atoms with Crippen LogP contribution in [0.15, 0.2) is 96.4 Å². The molecule has 0 spiro atoms. The van der Waals surface area contributed by atoms with E-state index in [-0.39, 0.29) is 22.9 Å². The third-order valence-corrected chi connectivity index (χ3v) is 7.69. The molecule has 1 amide bonds. The fourth-order valence-electron chi connectivity index (χ4n) is 3.08. The van der Waals surface area contributed by atoms with Gasteiger partial charge in [-0.3, -0.25) is 4.79 Å². The lowest BCUT2D eigenvalue weighted by Gasteiger charge is -2.09. The van der Waals surface area contributed by atoms with Crippen LogP contribution in [-0.2, 0) is 31.4 Å². The van der Waals surface area contributed by atoms with Crippen molar-refractivity contribution >= 4 is 31.5 Å². The Morgan fingerprint density at radius 2 is 1.52 bits per heavy atom. The lowest BCUT2D eigenvalue weighted by atomic mass is 10.1. The van der Waals surface area contributed by atoms with Gasteiger partial charge in [0.25, 0.3) is 5.91 Å². The van der Waals surface area contributed by atoms with Crippen LogP contribution >= 0.6 is 0 Å². The number of sulfonamides is 1. The van der Waals surface area contributed by atoms with Crippen LogP contribution in [0, 0.1) is 0 Å². The van der Waals surface area contributed by atoms with Crippen molar-refractivity contribution in [3.63, 3.8) is 0 Å². The zero-order valence-electron chi connectivity index (χ0n) is 17.8. The van der Waals surface area contributed by atoms with Crippen LogP contribution < -0.4 is 10.0 Å². The van der Waals surface area contributed by atoms with Crippen molar-refractivity contribution in [2.24, 2.45) is 0 Å². The van der Waals surface area contributed by atoms with Crippen LogP contribution in [0.2, 0.25) is 0 Å². The zero-order chi connectivity index (χ0) is 23.9. The molecule has 7 nitrogen and oxygen atoms in total. The lowest BCUT2D eigenvalue weighted by Crippen LogP contribution is -2.25.